The van der Waals surface area contributed by atoms with Gasteiger partial charge in [-0.25, -0.2) is 0 Å². The molecule has 1 atom stereocenters. The first kappa shape index (κ1) is 16.2. The number of benzene rings is 2. The van der Waals surface area contributed by atoms with E-state index >= 15 is 0 Å². The molecule has 1 aliphatic rings. The van der Waals surface area contributed by atoms with Gasteiger partial charge in [0.2, 0.25) is 0 Å². The largest absolute Gasteiger partial charge is 0.492 e. The molecule has 0 radical (unpaired) electrons. The highest BCUT2D eigenvalue weighted by molar-refractivity contribution is 5.93. The van der Waals surface area contributed by atoms with E-state index in [1.165, 1.54) is 0 Å². The van der Waals surface area contributed by atoms with Crippen LogP contribution in [0.5, 0.6) is 17.2 Å². The van der Waals surface area contributed by atoms with Crippen LogP contribution in [0.25, 0.3) is 0 Å². The summed E-state index contributed by atoms with van der Waals surface area (Å²) in [6, 6.07) is 13.0. The Morgan fingerprint density at radius 3 is 2.79 bits per heavy atom. The fourth-order valence-corrected chi connectivity index (χ4v) is 2.66. The van der Waals surface area contributed by atoms with Crippen LogP contribution in [0.15, 0.2) is 42.5 Å². The molecule has 5 nitrogen and oxygen atoms in total. The van der Waals surface area contributed by atoms with Gasteiger partial charge in [-0.1, -0.05) is 18.2 Å². The maximum atomic E-state index is 12.2. The third-order valence-electron chi connectivity index (χ3n) is 3.69. The van der Waals surface area contributed by atoms with Crippen LogP contribution in [0.1, 0.15) is 19.4 Å². The van der Waals surface area contributed by atoms with E-state index in [0.717, 1.165) is 17.7 Å². The number of rotatable bonds is 6. The average molecular weight is 327 g/mol. The van der Waals surface area contributed by atoms with Crippen LogP contribution in [-0.2, 0) is 11.2 Å². The fourth-order valence-electron chi connectivity index (χ4n) is 2.66. The van der Waals surface area contributed by atoms with Gasteiger partial charge in [0.25, 0.3) is 5.91 Å². The van der Waals surface area contributed by atoms with Crippen LogP contribution >= 0.6 is 0 Å². The maximum Gasteiger partial charge on any atom is 0.262 e. The Morgan fingerprint density at radius 2 is 2.04 bits per heavy atom. The first-order valence-corrected chi connectivity index (χ1v) is 8.09. The Morgan fingerprint density at radius 1 is 1.25 bits per heavy atom. The van der Waals surface area contributed by atoms with Gasteiger partial charge in [0.05, 0.1) is 12.3 Å². The van der Waals surface area contributed by atoms with Crippen molar-refractivity contribution in [2.75, 3.05) is 18.5 Å². The van der Waals surface area contributed by atoms with Crippen molar-refractivity contribution in [3.8, 4) is 17.2 Å². The van der Waals surface area contributed by atoms with Gasteiger partial charge >= 0.3 is 0 Å². The highest BCUT2D eigenvalue weighted by Gasteiger charge is 2.22. The van der Waals surface area contributed by atoms with Crippen molar-refractivity contribution in [3.05, 3.63) is 48.0 Å². The molecule has 0 bridgehead atoms. The Bertz CT molecular complexity index is 715. The van der Waals surface area contributed by atoms with Crippen molar-refractivity contribution < 1.29 is 19.0 Å². The lowest BCUT2D eigenvalue weighted by Gasteiger charge is -2.14. The summed E-state index contributed by atoms with van der Waals surface area (Å²) in [6.07, 6.45) is 0.989. The molecular weight excluding hydrogens is 306 g/mol. The molecule has 1 heterocycles. The van der Waals surface area contributed by atoms with E-state index in [1.807, 2.05) is 56.3 Å². The summed E-state index contributed by atoms with van der Waals surface area (Å²) >= 11 is 0. The van der Waals surface area contributed by atoms with E-state index in [9.17, 15) is 4.79 Å². The standard InChI is InChI=1S/C19H21NO4/c1-3-22-18-10-14-9-13(2)24-17(14)11-16(18)20-19(21)12-23-15-7-5-4-6-8-15/h4-8,10-11,13H,3,9,12H2,1-2H3,(H,20,21). The van der Waals surface area contributed by atoms with E-state index in [4.69, 9.17) is 14.2 Å². The molecule has 3 rings (SSSR count). The van der Waals surface area contributed by atoms with Gasteiger partial charge < -0.3 is 19.5 Å². The molecule has 0 saturated heterocycles. The molecule has 5 heteroatoms. The van der Waals surface area contributed by atoms with Crippen LogP contribution in [0.2, 0.25) is 0 Å². The van der Waals surface area contributed by atoms with Crippen molar-refractivity contribution in [2.45, 2.75) is 26.4 Å². The minimum atomic E-state index is -0.245. The summed E-state index contributed by atoms with van der Waals surface area (Å²) < 4.78 is 16.9. The Labute approximate surface area is 141 Å². The van der Waals surface area contributed by atoms with Crippen LogP contribution < -0.4 is 19.5 Å². The van der Waals surface area contributed by atoms with Crippen LogP contribution in [0.3, 0.4) is 0 Å². The molecule has 1 unspecified atom stereocenters. The minimum Gasteiger partial charge on any atom is -0.492 e. The van der Waals surface area contributed by atoms with Crippen LogP contribution in [0.4, 0.5) is 5.69 Å². The van der Waals surface area contributed by atoms with Crippen molar-refractivity contribution >= 4 is 11.6 Å². The Hall–Kier alpha value is -2.69. The highest BCUT2D eigenvalue weighted by atomic mass is 16.5. The molecule has 2 aromatic carbocycles. The van der Waals surface area contributed by atoms with E-state index < -0.39 is 0 Å². The number of anilines is 1. The molecule has 1 N–H and O–H groups in total. The van der Waals surface area contributed by atoms with E-state index in [0.29, 0.717) is 23.8 Å². The van der Waals surface area contributed by atoms with Gasteiger partial charge in [0, 0.05) is 18.1 Å². The molecule has 126 valence electrons. The summed E-state index contributed by atoms with van der Waals surface area (Å²) in [4.78, 5) is 12.2. The van der Waals surface area contributed by atoms with E-state index in [1.54, 1.807) is 0 Å². The fraction of sp³-hybridized carbons (Fsp3) is 0.316. The zero-order valence-electron chi connectivity index (χ0n) is 13.9. The number of fused-ring (bicyclic) bond motifs is 1. The van der Waals surface area contributed by atoms with Gasteiger partial charge in [-0.2, -0.15) is 0 Å². The lowest BCUT2D eigenvalue weighted by molar-refractivity contribution is -0.118. The number of nitrogens with one attached hydrogen (secondary N) is 1. The molecule has 0 fully saturated rings. The van der Waals surface area contributed by atoms with Crippen molar-refractivity contribution in [1.82, 2.24) is 0 Å². The number of para-hydroxylation sites is 1. The monoisotopic (exact) mass is 327 g/mol. The Kier molecular flexibility index (Phi) is 4.89. The van der Waals surface area contributed by atoms with Crippen molar-refractivity contribution in [2.24, 2.45) is 0 Å². The Balaban J connectivity index is 1.69. The highest BCUT2D eigenvalue weighted by Crippen LogP contribution is 2.38. The lowest BCUT2D eigenvalue weighted by Crippen LogP contribution is -2.20. The number of carbonyl (C=O) groups excluding carboxylic acids is 1. The summed E-state index contributed by atoms with van der Waals surface area (Å²) in [6.45, 7) is 4.39. The maximum absolute atomic E-state index is 12.2. The van der Waals surface area contributed by atoms with Crippen molar-refractivity contribution in [1.29, 1.82) is 0 Å². The summed E-state index contributed by atoms with van der Waals surface area (Å²) in [7, 11) is 0. The molecule has 0 spiro atoms. The first-order chi connectivity index (χ1) is 11.7. The smallest absolute Gasteiger partial charge is 0.262 e. The second-order valence-electron chi connectivity index (χ2n) is 5.67. The zero-order chi connectivity index (χ0) is 16.9. The number of hydrogen-bond donors (Lipinski definition) is 1. The van der Waals surface area contributed by atoms with Crippen molar-refractivity contribution in [3.63, 3.8) is 0 Å². The summed E-state index contributed by atoms with van der Waals surface area (Å²) in [5.74, 6) is 1.86. The summed E-state index contributed by atoms with van der Waals surface area (Å²) in [5, 5.41) is 2.84. The van der Waals surface area contributed by atoms with Gasteiger partial charge in [-0.3, -0.25) is 4.79 Å². The molecular formula is C19H21NO4. The molecule has 24 heavy (non-hydrogen) atoms. The quantitative estimate of drug-likeness (QED) is 0.883. The topological polar surface area (TPSA) is 56.8 Å². The SMILES string of the molecule is CCOc1cc2c(cc1NC(=O)COc1ccccc1)OC(C)C2. The second-order valence-corrected chi connectivity index (χ2v) is 5.67. The predicted octanol–water partition coefficient (Wildman–Crippen LogP) is 3.43. The molecule has 1 amide bonds. The molecule has 0 aliphatic carbocycles. The number of ether oxygens (including phenoxy) is 3. The first-order valence-electron chi connectivity index (χ1n) is 8.09. The number of amides is 1. The normalized spacial score (nSPS) is 15.3. The zero-order valence-corrected chi connectivity index (χ0v) is 13.9. The average Bonchev–Trinajstić information content (AvgIpc) is 2.93. The van der Waals surface area contributed by atoms with E-state index in [-0.39, 0.29) is 18.6 Å². The number of carbonyl (C=O) groups is 1. The third kappa shape index (κ3) is 3.79. The van der Waals surface area contributed by atoms with Gasteiger partial charge in [0.1, 0.15) is 23.4 Å². The van der Waals surface area contributed by atoms with Crippen LogP contribution in [-0.4, -0.2) is 25.2 Å². The molecule has 0 saturated carbocycles. The molecule has 1 aliphatic heterocycles. The number of hydrogen-bond acceptors (Lipinski definition) is 4. The lowest BCUT2D eigenvalue weighted by atomic mass is 10.1. The molecule has 2 aromatic rings. The minimum absolute atomic E-state index is 0.0656. The van der Waals surface area contributed by atoms with Gasteiger partial charge in [-0.15, -0.1) is 0 Å². The second kappa shape index (κ2) is 7.25. The third-order valence-corrected chi connectivity index (χ3v) is 3.69. The van der Waals surface area contributed by atoms with E-state index in [2.05, 4.69) is 5.32 Å². The predicted molar refractivity (Wildman–Crippen MR) is 92.0 cm³/mol. The molecule has 0 aromatic heterocycles. The van der Waals surface area contributed by atoms with Gasteiger partial charge in [0.15, 0.2) is 6.61 Å². The summed E-state index contributed by atoms with van der Waals surface area (Å²) in [5.41, 5.74) is 1.70. The van der Waals surface area contributed by atoms with Crippen LogP contribution in [0, 0.1) is 0 Å². The van der Waals surface area contributed by atoms with Gasteiger partial charge in [-0.05, 0) is 32.0 Å².